The minimum absolute atomic E-state index is 0. The van der Waals surface area contributed by atoms with Crippen molar-refractivity contribution in [2.45, 2.75) is 19.9 Å². The molecule has 0 bridgehead atoms. The van der Waals surface area contributed by atoms with Crippen molar-refractivity contribution in [1.29, 1.82) is 0 Å². The van der Waals surface area contributed by atoms with Crippen molar-refractivity contribution >= 4 is 36.4 Å². The van der Waals surface area contributed by atoms with Gasteiger partial charge in [-0.3, -0.25) is 9.20 Å². The van der Waals surface area contributed by atoms with Gasteiger partial charge in [0.05, 0.1) is 12.0 Å². The van der Waals surface area contributed by atoms with Gasteiger partial charge in [-0.2, -0.15) is 0 Å². The number of aromatic nitrogens is 3. The first kappa shape index (κ1) is 17.7. The lowest BCUT2D eigenvalue weighted by atomic mass is 9.89. The maximum absolute atomic E-state index is 12.2. The predicted molar refractivity (Wildman–Crippen MR) is 84.9 cm³/mol. The van der Waals surface area contributed by atoms with Gasteiger partial charge in [0.1, 0.15) is 0 Å². The van der Waals surface area contributed by atoms with E-state index in [1.165, 1.54) is 0 Å². The number of carbonyl (C=O) groups is 1. The highest BCUT2D eigenvalue weighted by atomic mass is 35.5. The fraction of sp³-hybridized carbons (Fsp3) is 0.462. The second-order valence-electron chi connectivity index (χ2n) is 5.22. The Bertz CT molecular complexity index is 609. The monoisotopic (exact) mass is 331 g/mol. The molecular formula is C13H19Cl2N5O. The zero-order chi connectivity index (χ0) is 13.3. The number of amides is 1. The molecule has 1 aliphatic rings. The summed E-state index contributed by atoms with van der Waals surface area (Å²) in [4.78, 5) is 12.2. The highest BCUT2D eigenvalue weighted by Crippen LogP contribution is 2.24. The van der Waals surface area contributed by atoms with Crippen LogP contribution in [0.15, 0.2) is 24.4 Å². The molecule has 0 saturated carbocycles. The smallest absolute Gasteiger partial charge is 0.227 e. The van der Waals surface area contributed by atoms with Crippen LogP contribution in [0.5, 0.6) is 0 Å². The van der Waals surface area contributed by atoms with Crippen molar-refractivity contribution in [3.8, 4) is 0 Å². The van der Waals surface area contributed by atoms with Crippen LogP contribution in [0.25, 0.3) is 5.65 Å². The van der Waals surface area contributed by atoms with Gasteiger partial charge in [-0.25, -0.2) is 0 Å². The van der Waals surface area contributed by atoms with Crippen LogP contribution in [0, 0.1) is 5.41 Å². The molecular weight excluding hydrogens is 313 g/mol. The number of hydrogen-bond acceptors (Lipinski definition) is 4. The van der Waals surface area contributed by atoms with Gasteiger partial charge in [0.25, 0.3) is 0 Å². The Hall–Kier alpha value is -1.37. The number of nitrogens with one attached hydrogen (secondary N) is 2. The second-order valence-corrected chi connectivity index (χ2v) is 5.22. The Morgan fingerprint density at radius 2 is 2.24 bits per heavy atom. The van der Waals surface area contributed by atoms with Gasteiger partial charge in [-0.15, -0.1) is 35.0 Å². The molecule has 3 rings (SSSR count). The lowest BCUT2D eigenvalue weighted by Crippen LogP contribution is -2.40. The lowest BCUT2D eigenvalue weighted by Gasteiger charge is -2.21. The maximum Gasteiger partial charge on any atom is 0.227 e. The van der Waals surface area contributed by atoms with E-state index in [-0.39, 0.29) is 36.1 Å². The maximum atomic E-state index is 12.2. The van der Waals surface area contributed by atoms with E-state index in [2.05, 4.69) is 20.8 Å². The number of fused-ring (bicyclic) bond motifs is 1. The van der Waals surface area contributed by atoms with Crippen LogP contribution < -0.4 is 10.6 Å². The Morgan fingerprint density at radius 1 is 1.43 bits per heavy atom. The molecule has 1 amide bonds. The molecule has 6 nitrogen and oxygen atoms in total. The zero-order valence-corrected chi connectivity index (χ0v) is 13.3. The number of carbonyl (C=O) groups excluding carboxylic acids is 1. The number of hydrogen-bond donors (Lipinski definition) is 2. The Labute approximate surface area is 135 Å². The van der Waals surface area contributed by atoms with Crippen molar-refractivity contribution in [2.75, 3.05) is 13.1 Å². The first-order valence-corrected chi connectivity index (χ1v) is 6.47. The number of halogens is 2. The largest absolute Gasteiger partial charge is 0.348 e. The van der Waals surface area contributed by atoms with E-state index in [1.807, 2.05) is 35.7 Å². The van der Waals surface area contributed by atoms with E-state index in [0.29, 0.717) is 6.54 Å². The molecule has 116 valence electrons. The molecule has 0 radical (unpaired) electrons. The minimum atomic E-state index is -0.305. The van der Waals surface area contributed by atoms with Crippen molar-refractivity contribution in [3.63, 3.8) is 0 Å². The van der Waals surface area contributed by atoms with E-state index >= 15 is 0 Å². The van der Waals surface area contributed by atoms with Gasteiger partial charge in [-0.1, -0.05) is 6.07 Å². The fourth-order valence-corrected chi connectivity index (χ4v) is 2.39. The Morgan fingerprint density at radius 3 is 2.95 bits per heavy atom. The van der Waals surface area contributed by atoms with E-state index in [4.69, 9.17) is 0 Å². The third kappa shape index (κ3) is 3.45. The summed E-state index contributed by atoms with van der Waals surface area (Å²) in [6.45, 7) is 4.03. The van der Waals surface area contributed by atoms with E-state index in [9.17, 15) is 4.79 Å². The first-order valence-electron chi connectivity index (χ1n) is 6.47. The SMILES string of the molecule is CC1(C(=O)NCc2nnc3ccccn23)CCNC1.Cl.Cl. The van der Waals surface area contributed by atoms with Gasteiger partial charge < -0.3 is 10.6 Å². The molecule has 2 N–H and O–H groups in total. The highest BCUT2D eigenvalue weighted by Gasteiger charge is 2.36. The van der Waals surface area contributed by atoms with Crippen LogP contribution in [-0.2, 0) is 11.3 Å². The van der Waals surface area contributed by atoms with Crippen LogP contribution in [-0.4, -0.2) is 33.6 Å². The summed E-state index contributed by atoms with van der Waals surface area (Å²) < 4.78 is 1.88. The third-order valence-corrected chi connectivity index (χ3v) is 3.71. The van der Waals surface area contributed by atoms with Crippen LogP contribution in [0.1, 0.15) is 19.2 Å². The van der Waals surface area contributed by atoms with Crippen LogP contribution in [0.2, 0.25) is 0 Å². The van der Waals surface area contributed by atoms with Crippen LogP contribution >= 0.6 is 24.8 Å². The quantitative estimate of drug-likeness (QED) is 0.886. The zero-order valence-electron chi connectivity index (χ0n) is 11.7. The first-order chi connectivity index (χ1) is 9.19. The van der Waals surface area contributed by atoms with E-state index in [0.717, 1.165) is 31.0 Å². The average Bonchev–Trinajstić information content (AvgIpc) is 3.03. The van der Waals surface area contributed by atoms with Gasteiger partial charge in [0, 0.05) is 12.7 Å². The van der Waals surface area contributed by atoms with Gasteiger partial charge >= 0.3 is 0 Å². The molecule has 8 heteroatoms. The highest BCUT2D eigenvalue weighted by molar-refractivity contribution is 5.85. The van der Waals surface area contributed by atoms with Gasteiger partial charge in [0.15, 0.2) is 11.5 Å². The molecule has 0 aromatic carbocycles. The summed E-state index contributed by atoms with van der Waals surface area (Å²) in [7, 11) is 0. The molecule has 2 aromatic rings. The normalized spacial score (nSPS) is 20.6. The molecule has 1 saturated heterocycles. The van der Waals surface area contributed by atoms with Crippen LogP contribution in [0.3, 0.4) is 0 Å². The summed E-state index contributed by atoms with van der Waals surface area (Å²) in [6, 6.07) is 5.72. The van der Waals surface area contributed by atoms with E-state index in [1.54, 1.807) is 0 Å². The molecule has 3 heterocycles. The summed E-state index contributed by atoms with van der Waals surface area (Å²) in [5.74, 6) is 0.823. The molecule has 1 fully saturated rings. The van der Waals surface area contributed by atoms with Crippen molar-refractivity contribution in [3.05, 3.63) is 30.2 Å². The van der Waals surface area contributed by atoms with Crippen LogP contribution in [0.4, 0.5) is 0 Å². The van der Waals surface area contributed by atoms with Gasteiger partial charge in [-0.05, 0) is 32.0 Å². The minimum Gasteiger partial charge on any atom is -0.348 e. The molecule has 0 aliphatic carbocycles. The fourth-order valence-electron chi connectivity index (χ4n) is 2.39. The summed E-state index contributed by atoms with van der Waals surface area (Å²) in [6.07, 6.45) is 2.77. The number of rotatable bonds is 3. The topological polar surface area (TPSA) is 71.3 Å². The molecule has 1 atom stereocenters. The molecule has 1 unspecified atom stereocenters. The van der Waals surface area contributed by atoms with Crippen molar-refractivity contribution < 1.29 is 4.79 Å². The molecule has 0 spiro atoms. The summed E-state index contributed by atoms with van der Waals surface area (Å²) in [5.41, 5.74) is 0.487. The molecule has 21 heavy (non-hydrogen) atoms. The van der Waals surface area contributed by atoms with Crippen molar-refractivity contribution in [2.24, 2.45) is 5.41 Å². The number of pyridine rings is 1. The summed E-state index contributed by atoms with van der Waals surface area (Å²) >= 11 is 0. The Kier molecular flexibility index (Phi) is 5.95. The van der Waals surface area contributed by atoms with E-state index < -0.39 is 0 Å². The standard InChI is InChI=1S/C13H17N5O.2ClH/c1-13(5-6-14-9-13)12(19)15-8-11-17-16-10-4-2-3-7-18(10)11;;/h2-4,7,14H,5-6,8-9H2,1H3,(H,15,19);2*1H. The molecule has 1 aliphatic heterocycles. The number of nitrogens with zero attached hydrogens (tertiary/aromatic N) is 3. The Balaban J connectivity index is 0.00000110. The van der Waals surface area contributed by atoms with Gasteiger partial charge in [0.2, 0.25) is 5.91 Å². The molecule has 2 aromatic heterocycles. The average molecular weight is 332 g/mol. The predicted octanol–water partition coefficient (Wildman–Crippen LogP) is 1.19. The third-order valence-electron chi connectivity index (χ3n) is 3.71. The second kappa shape index (κ2) is 7.06. The summed E-state index contributed by atoms with van der Waals surface area (Å²) in [5, 5.41) is 14.3. The lowest BCUT2D eigenvalue weighted by molar-refractivity contribution is -0.129. The van der Waals surface area contributed by atoms with Crippen molar-refractivity contribution in [1.82, 2.24) is 25.2 Å².